The van der Waals surface area contributed by atoms with E-state index in [0.717, 1.165) is 23.4 Å². The molecule has 3 aromatic rings. The predicted octanol–water partition coefficient (Wildman–Crippen LogP) is 6.64. The summed E-state index contributed by atoms with van der Waals surface area (Å²) in [5, 5.41) is 6.12. The van der Waals surface area contributed by atoms with Gasteiger partial charge in [0.15, 0.2) is 0 Å². The van der Waals surface area contributed by atoms with Crippen molar-refractivity contribution in [2.45, 2.75) is 45.7 Å². The second-order valence-corrected chi connectivity index (χ2v) is 14.1. The van der Waals surface area contributed by atoms with Crippen LogP contribution in [0, 0.1) is 17.8 Å². The molecule has 31 heavy (non-hydrogen) atoms. The lowest BCUT2D eigenvalue weighted by atomic mass is 9.77. The third-order valence-corrected chi connectivity index (χ3v) is 12.4. The fraction of sp³-hybridized carbons (Fsp3) is 0.379. The van der Waals surface area contributed by atoms with Gasteiger partial charge in [-0.3, -0.25) is 0 Å². The molecule has 2 heteroatoms. The molecule has 1 aliphatic rings. The molecule has 162 valence electrons. The molecule has 0 amide bonds. The van der Waals surface area contributed by atoms with E-state index in [-0.39, 0.29) is 7.92 Å². The van der Waals surface area contributed by atoms with Gasteiger partial charge >= 0.3 is 0 Å². The van der Waals surface area contributed by atoms with E-state index >= 15 is 0 Å². The van der Waals surface area contributed by atoms with Crippen LogP contribution in [0.2, 0.25) is 0 Å². The van der Waals surface area contributed by atoms with E-state index in [1.807, 2.05) is 0 Å². The maximum Gasteiger partial charge on any atom is -0.00742 e. The van der Waals surface area contributed by atoms with Crippen LogP contribution in [-0.2, 0) is 0 Å². The van der Waals surface area contributed by atoms with Gasteiger partial charge in [-0.1, -0.05) is 120 Å². The van der Waals surface area contributed by atoms with Gasteiger partial charge in [0.25, 0.3) is 0 Å². The Kier molecular flexibility index (Phi) is 7.63. The predicted molar refractivity (Wildman–Crippen MR) is 143 cm³/mol. The van der Waals surface area contributed by atoms with E-state index in [2.05, 4.69) is 112 Å². The Bertz CT molecular complexity index is 911. The van der Waals surface area contributed by atoms with Crippen LogP contribution in [-0.4, -0.2) is 12.3 Å². The molecular weight excluding hydrogens is 410 g/mol. The van der Waals surface area contributed by atoms with Crippen LogP contribution in [0.25, 0.3) is 0 Å². The molecule has 0 spiro atoms. The summed E-state index contributed by atoms with van der Waals surface area (Å²) in [6.07, 6.45) is 4.21. The number of benzene rings is 3. The quantitative estimate of drug-likeness (QED) is 0.372. The molecule has 3 aromatic carbocycles. The van der Waals surface area contributed by atoms with Gasteiger partial charge in [0, 0.05) is 0 Å². The van der Waals surface area contributed by atoms with E-state index in [1.54, 1.807) is 10.6 Å². The zero-order valence-corrected chi connectivity index (χ0v) is 21.2. The maximum atomic E-state index is 2.58. The Balaban J connectivity index is 1.79. The number of rotatable bonds is 6. The Hall–Kier alpha value is -1.48. The SMILES string of the molecule is CC(C)[C@@H]1CC[C@@H](C)C[C@H]1P(C)c1ccccc1P(c1ccccc1)c1ccccc1. The van der Waals surface area contributed by atoms with Gasteiger partial charge in [0.2, 0.25) is 0 Å². The lowest BCUT2D eigenvalue weighted by Crippen LogP contribution is -2.37. The van der Waals surface area contributed by atoms with E-state index in [9.17, 15) is 0 Å². The molecule has 1 fully saturated rings. The van der Waals surface area contributed by atoms with Crippen molar-refractivity contribution in [3.05, 3.63) is 84.9 Å². The molecule has 0 radical (unpaired) electrons. The van der Waals surface area contributed by atoms with Crippen molar-refractivity contribution in [1.82, 2.24) is 0 Å². The molecule has 0 N–H and O–H groups in total. The first kappa shape index (κ1) is 22.7. The molecule has 0 aliphatic heterocycles. The highest BCUT2D eigenvalue weighted by Gasteiger charge is 2.35. The minimum Gasteiger partial charge on any atom is -0.0743 e. The molecule has 4 rings (SSSR count). The summed E-state index contributed by atoms with van der Waals surface area (Å²) in [7, 11) is -0.755. The second-order valence-electron chi connectivity index (χ2n) is 9.50. The van der Waals surface area contributed by atoms with E-state index in [4.69, 9.17) is 0 Å². The highest BCUT2D eigenvalue weighted by atomic mass is 31.1. The lowest BCUT2D eigenvalue weighted by molar-refractivity contribution is 0.242. The molecule has 0 nitrogen and oxygen atoms in total. The molecule has 0 heterocycles. The monoisotopic (exact) mass is 446 g/mol. The minimum atomic E-state index is -0.545. The van der Waals surface area contributed by atoms with Gasteiger partial charge in [-0.15, -0.1) is 0 Å². The van der Waals surface area contributed by atoms with Crippen LogP contribution in [0.3, 0.4) is 0 Å². The van der Waals surface area contributed by atoms with Gasteiger partial charge in [-0.05, 0) is 72.1 Å². The standard InChI is InChI=1S/C29H36P2/c1-22(2)26-20-19-23(3)21-29(26)30(4)27-17-11-12-18-28(27)31(24-13-7-5-8-14-24)25-15-9-6-10-16-25/h5-18,22-23,26,29H,19-21H2,1-4H3/t23-,26+,29-,30?/m1/s1. The van der Waals surface area contributed by atoms with Crippen LogP contribution < -0.4 is 21.2 Å². The number of hydrogen-bond donors (Lipinski definition) is 0. The Labute approximate surface area is 192 Å². The van der Waals surface area contributed by atoms with Crippen molar-refractivity contribution < 1.29 is 0 Å². The van der Waals surface area contributed by atoms with Crippen molar-refractivity contribution in [3.63, 3.8) is 0 Å². The van der Waals surface area contributed by atoms with E-state index < -0.39 is 7.92 Å². The fourth-order valence-electron chi connectivity index (χ4n) is 5.31. The molecule has 1 aliphatic carbocycles. The van der Waals surface area contributed by atoms with Crippen molar-refractivity contribution in [3.8, 4) is 0 Å². The third-order valence-electron chi connectivity index (χ3n) is 7.02. The normalized spacial score (nSPS) is 22.6. The summed E-state index contributed by atoms with van der Waals surface area (Å²) in [5.74, 6) is 2.50. The highest BCUT2D eigenvalue weighted by Crippen LogP contribution is 2.51. The van der Waals surface area contributed by atoms with Gasteiger partial charge in [0.1, 0.15) is 0 Å². The topological polar surface area (TPSA) is 0 Å². The van der Waals surface area contributed by atoms with Crippen molar-refractivity contribution in [1.29, 1.82) is 0 Å². The average molecular weight is 447 g/mol. The van der Waals surface area contributed by atoms with Gasteiger partial charge in [-0.2, -0.15) is 0 Å². The maximum absolute atomic E-state index is 2.58. The molecule has 4 atom stereocenters. The van der Waals surface area contributed by atoms with Crippen LogP contribution in [0.5, 0.6) is 0 Å². The van der Waals surface area contributed by atoms with Crippen LogP contribution >= 0.6 is 15.8 Å². The molecule has 0 aromatic heterocycles. The summed E-state index contributed by atoms with van der Waals surface area (Å²) in [6.45, 7) is 9.95. The summed E-state index contributed by atoms with van der Waals surface area (Å²) in [6, 6.07) is 31.8. The summed E-state index contributed by atoms with van der Waals surface area (Å²) in [4.78, 5) is 0. The first-order chi connectivity index (χ1) is 15.1. The smallest absolute Gasteiger partial charge is 0.00742 e. The molecule has 0 bridgehead atoms. The summed E-state index contributed by atoms with van der Waals surface area (Å²) in [5.41, 5.74) is 0.836. The summed E-state index contributed by atoms with van der Waals surface area (Å²) >= 11 is 0. The van der Waals surface area contributed by atoms with Crippen molar-refractivity contribution in [2.24, 2.45) is 17.8 Å². The zero-order chi connectivity index (χ0) is 21.8. The molecular formula is C29H36P2. The Morgan fingerprint density at radius 2 is 1.23 bits per heavy atom. The second kappa shape index (κ2) is 10.4. The molecule has 1 unspecified atom stereocenters. The fourth-order valence-corrected chi connectivity index (χ4v) is 11.3. The largest absolute Gasteiger partial charge is 0.0743 e. The minimum absolute atomic E-state index is 0.210. The van der Waals surface area contributed by atoms with Gasteiger partial charge in [-0.25, -0.2) is 0 Å². The zero-order valence-electron chi connectivity index (χ0n) is 19.4. The van der Waals surface area contributed by atoms with Gasteiger partial charge < -0.3 is 0 Å². The van der Waals surface area contributed by atoms with Gasteiger partial charge in [0.05, 0.1) is 0 Å². The van der Waals surface area contributed by atoms with E-state index in [0.29, 0.717) is 0 Å². The third kappa shape index (κ3) is 5.13. The van der Waals surface area contributed by atoms with Crippen LogP contribution in [0.1, 0.15) is 40.0 Å². The van der Waals surface area contributed by atoms with Crippen molar-refractivity contribution in [2.75, 3.05) is 6.66 Å². The van der Waals surface area contributed by atoms with Crippen LogP contribution in [0.15, 0.2) is 84.9 Å². The first-order valence-corrected chi connectivity index (χ1v) is 15.0. The Morgan fingerprint density at radius 3 is 1.77 bits per heavy atom. The van der Waals surface area contributed by atoms with Crippen molar-refractivity contribution >= 4 is 37.1 Å². The average Bonchev–Trinajstić information content (AvgIpc) is 2.80. The van der Waals surface area contributed by atoms with Crippen LogP contribution in [0.4, 0.5) is 0 Å². The molecule has 0 saturated heterocycles. The Morgan fingerprint density at radius 1 is 0.710 bits per heavy atom. The number of hydrogen-bond acceptors (Lipinski definition) is 0. The lowest BCUT2D eigenvalue weighted by Gasteiger charge is -2.42. The summed E-state index contributed by atoms with van der Waals surface area (Å²) < 4.78 is 0. The molecule has 1 saturated carbocycles. The van der Waals surface area contributed by atoms with E-state index in [1.165, 1.54) is 29.9 Å². The highest BCUT2D eigenvalue weighted by molar-refractivity contribution is 7.82. The first-order valence-electron chi connectivity index (χ1n) is 11.8.